The van der Waals surface area contributed by atoms with E-state index in [9.17, 15) is 0 Å². The van der Waals surface area contributed by atoms with Gasteiger partial charge in [-0.3, -0.25) is 0 Å². The van der Waals surface area contributed by atoms with Crippen LogP contribution in [0.25, 0.3) is 60.9 Å². The Morgan fingerprint density at radius 2 is 1.04 bits per heavy atom. The van der Waals surface area contributed by atoms with Crippen LogP contribution in [0.5, 0.6) is 0 Å². The van der Waals surface area contributed by atoms with Gasteiger partial charge in [0.15, 0.2) is 0 Å². The summed E-state index contributed by atoms with van der Waals surface area (Å²) in [6, 6.07) is 72.0. The summed E-state index contributed by atoms with van der Waals surface area (Å²) in [5, 5.41) is 2.49. The minimum Gasteiger partial charge on any atom is -0.310 e. The Morgan fingerprint density at radius 1 is 0.439 bits per heavy atom. The summed E-state index contributed by atoms with van der Waals surface area (Å²) in [7, 11) is 0. The first-order chi connectivity index (χ1) is 28.2. The SMILES string of the molecule is c1ccc(-c2ccc(N(c3ccc(-c4ccc5c(c4)C4(CC6CCC4C6)c4ccccc4-5)cc3)c3ccc4c(c3)c3ccccc3n4-c3ccccc3)cc2)cc1. The molecule has 2 fully saturated rings. The second kappa shape index (κ2) is 12.7. The second-order valence-corrected chi connectivity index (χ2v) is 16.5. The van der Waals surface area contributed by atoms with E-state index in [0.29, 0.717) is 0 Å². The lowest BCUT2D eigenvalue weighted by atomic mass is 9.66. The van der Waals surface area contributed by atoms with Crippen LogP contribution in [0, 0.1) is 11.8 Å². The van der Waals surface area contributed by atoms with Gasteiger partial charge in [-0.15, -0.1) is 0 Å². The number of benzene rings is 8. The summed E-state index contributed by atoms with van der Waals surface area (Å²) in [5.41, 5.74) is 18.2. The number of rotatable bonds is 6. The quantitative estimate of drug-likeness (QED) is 0.165. The van der Waals surface area contributed by atoms with E-state index in [1.165, 1.54) is 86.6 Å². The summed E-state index contributed by atoms with van der Waals surface area (Å²) in [5.74, 6) is 1.61. The molecule has 1 spiro atoms. The van der Waals surface area contributed by atoms with Crippen LogP contribution < -0.4 is 4.90 Å². The highest BCUT2D eigenvalue weighted by Gasteiger charge is 2.56. The molecule has 0 N–H and O–H groups in total. The fourth-order valence-corrected chi connectivity index (χ4v) is 11.2. The third kappa shape index (κ3) is 4.96. The Kier molecular flexibility index (Phi) is 7.26. The molecule has 2 saturated carbocycles. The minimum absolute atomic E-state index is 0.176. The van der Waals surface area contributed by atoms with Gasteiger partial charge in [0.2, 0.25) is 0 Å². The first-order valence-electron chi connectivity index (χ1n) is 20.6. The highest BCUT2D eigenvalue weighted by Crippen LogP contribution is 2.65. The van der Waals surface area contributed by atoms with Gasteiger partial charge in [0.25, 0.3) is 0 Å². The zero-order valence-electron chi connectivity index (χ0n) is 31.9. The smallest absolute Gasteiger partial charge is 0.0542 e. The van der Waals surface area contributed by atoms with Crippen LogP contribution in [0.1, 0.15) is 36.8 Å². The van der Waals surface area contributed by atoms with E-state index in [1.54, 1.807) is 11.1 Å². The number of hydrogen-bond donors (Lipinski definition) is 0. The molecule has 9 aromatic rings. The van der Waals surface area contributed by atoms with E-state index in [2.05, 4.69) is 204 Å². The lowest BCUT2D eigenvalue weighted by Crippen LogP contribution is -2.31. The van der Waals surface area contributed by atoms with Gasteiger partial charge < -0.3 is 9.47 Å². The van der Waals surface area contributed by atoms with Gasteiger partial charge in [0.1, 0.15) is 0 Å². The van der Waals surface area contributed by atoms with Crippen LogP contribution in [0.4, 0.5) is 17.1 Å². The van der Waals surface area contributed by atoms with Crippen molar-refractivity contribution in [1.29, 1.82) is 0 Å². The molecular formula is C55H42N2. The Hall–Kier alpha value is -6.64. The average Bonchev–Trinajstić information content (AvgIpc) is 4.05. The van der Waals surface area contributed by atoms with Crippen LogP contribution in [0.15, 0.2) is 194 Å². The standard InChI is InChI=1S/C55H42N2/c1-3-11-38(12-4-1)39-20-26-44(27-21-39)56(46-30-32-54-50(35-46)49-16-8-10-18-53(49)57(54)43-13-5-2-6-14-43)45-28-22-40(23-29-45)41-24-31-48-47-15-7-9-17-51(47)55(52(48)34-41)36-37-19-25-42(55)33-37/h1-18,20-24,26-32,34-35,37,42H,19,25,33,36H2. The Bertz CT molecular complexity index is 2960. The second-order valence-electron chi connectivity index (χ2n) is 16.5. The van der Waals surface area contributed by atoms with Crippen molar-refractivity contribution in [2.24, 2.45) is 11.8 Å². The molecule has 12 rings (SSSR count). The third-order valence-electron chi connectivity index (χ3n) is 13.7. The molecule has 8 aromatic carbocycles. The van der Waals surface area contributed by atoms with Gasteiger partial charge in [-0.1, -0.05) is 134 Å². The highest BCUT2D eigenvalue weighted by molar-refractivity contribution is 6.10. The topological polar surface area (TPSA) is 8.17 Å². The number of fused-ring (bicyclic) bond motifs is 11. The van der Waals surface area contributed by atoms with Gasteiger partial charge in [0, 0.05) is 38.9 Å². The van der Waals surface area contributed by atoms with Crippen molar-refractivity contribution in [2.75, 3.05) is 4.90 Å². The molecule has 1 aromatic heterocycles. The summed E-state index contributed by atoms with van der Waals surface area (Å²) >= 11 is 0. The van der Waals surface area contributed by atoms with Crippen molar-refractivity contribution in [3.05, 3.63) is 205 Å². The van der Waals surface area contributed by atoms with Crippen LogP contribution in [-0.2, 0) is 5.41 Å². The van der Waals surface area contributed by atoms with Gasteiger partial charge in [-0.2, -0.15) is 0 Å². The maximum absolute atomic E-state index is 2.56. The number of anilines is 3. The molecule has 3 aliphatic rings. The Morgan fingerprint density at radius 3 is 1.77 bits per heavy atom. The molecule has 0 aliphatic heterocycles. The molecule has 57 heavy (non-hydrogen) atoms. The molecule has 3 aliphatic carbocycles. The van der Waals surface area contributed by atoms with Crippen molar-refractivity contribution in [2.45, 2.75) is 31.1 Å². The molecule has 0 saturated heterocycles. The first-order valence-corrected chi connectivity index (χ1v) is 20.6. The van der Waals surface area contributed by atoms with Gasteiger partial charge >= 0.3 is 0 Å². The third-order valence-corrected chi connectivity index (χ3v) is 13.7. The van der Waals surface area contributed by atoms with Crippen molar-refractivity contribution in [1.82, 2.24) is 4.57 Å². The maximum atomic E-state index is 2.56. The van der Waals surface area contributed by atoms with Crippen molar-refractivity contribution in [3.63, 3.8) is 0 Å². The van der Waals surface area contributed by atoms with Crippen molar-refractivity contribution < 1.29 is 0 Å². The molecule has 2 nitrogen and oxygen atoms in total. The van der Waals surface area contributed by atoms with Gasteiger partial charge in [0.05, 0.1) is 11.0 Å². The number of nitrogens with zero attached hydrogens (tertiary/aromatic N) is 2. The van der Waals surface area contributed by atoms with E-state index in [1.807, 2.05) is 0 Å². The number of hydrogen-bond acceptors (Lipinski definition) is 1. The average molecular weight is 731 g/mol. The molecule has 2 bridgehead atoms. The van der Waals surface area contributed by atoms with Crippen molar-refractivity contribution in [3.8, 4) is 39.1 Å². The summed E-state index contributed by atoms with van der Waals surface area (Å²) in [4.78, 5) is 2.41. The number of aromatic nitrogens is 1. The normalized spacial score (nSPS) is 19.0. The largest absolute Gasteiger partial charge is 0.310 e. The molecule has 3 unspecified atom stereocenters. The van der Waals surface area contributed by atoms with Gasteiger partial charge in [-0.05, 0) is 142 Å². The summed E-state index contributed by atoms with van der Waals surface area (Å²) in [6.45, 7) is 0. The lowest BCUT2D eigenvalue weighted by Gasteiger charge is -2.36. The van der Waals surface area contributed by atoms with E-state index in [-0.39, 0.29) is 5.41 Å². The lowest BCUT2D eigenvalue weighted by molar-refractivity contribution is 0.327. The monoisotopic (exact) mass is 730 g/mol. The van der Waals surface area contributed by atoms with Crippen LogP contribution in [0.2, 0.25) is 0 Å². The van der Waals surface area contributed by atoms with E-state index in [0.717, 1.165) is 28.9 Å². The van der Waals surface area contributed by atoms with E-state index >= 15 is 0 Å². The maximum Gasteiger partial charge on any atom is 0.0542 e. The molecule has 0 radical (unpaired) electrons. The minimum atomic E-state index is 0.176. The fraction of sp³-hybridized carbons (Fsp3) is 0.127. The highest BCUT2D eigenvalue weighted by atomic mass is 15.1. The van der Waals surface area contributed by atoms with E-state index in [4.69, 9.17) is 0 Å². The number of para-hydroxylation sites is 2. The summed E-state index contributed by atoms with van der Waals surface area (Å²) < 4.78 is 2.39. The van der Waals surface area contributed by atoms with Crippen molar-refractivity contribution >= 4 is 38.9 Å². The molecule has 1 heterocycles. The van der Waals surface area contributed by atoms with Crippen LogP contribution >= 0.6 is 0 Å². The molecule has 2 heteroatoms. The molecule has 272 valence electrons. The molecule has 0 amide bonds. The predicted molar refractivity (Wildman–Crippen MR) is 238 cm³/mol. The zero-order chi connectivity index (χ0) is 37.5. The Labute approximate surface area is 334 Å². The van der Waals surface area contributed by atoms with Gasteiger partial charge in [-0.25, -0.2) is 0 Å². The van der Waals surface area contributed by atoms with E-state index < -0.39 is 0 Å². The molecular weight excluding hydrogens is 689 g/mol. The van der Waals surface area contributed by atoms with Crippen LogP contribution in [-0.4, -0.2) is 4.57 Å². The van der Waals surface area contributed by atoms with Crippen LogP contribution in [0.3, 0.4) is 0 Å². The zero-order valence-corrected chi connectivity index (χ0v) is 31.9. The molecule has 3 atom stereocenters. The fourth-order valence-electron chi connectivity index (χ4n) is 11.2. The first kappa shape index (κ1) is 32.6. The predicted octanol–water partition coefficient (Wildman–Crippen LogP) is 14.7. The Balaban J connectivity index is 0.973. The summed E-state index contributed by atoms with van der Waals surface area (Å²) in [6.07, 6.45) is 5.44.